The van der Waals surface area contributed by atoms with E-state index in [0.717, 1.165) is 38.8 Å². The van der Waals surface area contributed by atoms with Gasteiger partial charge in [0.2, 0.25) is 11.8 Å². The molecule has 2 saturated heterocycles. The van der Waals surface area contributed by atoms with Gasteiger partial charge in [-0.3, -0.25) is 9.59 Å². The Labute approximate surface area is 115 Å². The van der Waals surface area contributed by atoms with E-state index < -0.39 is 0 Å². The van der Waals surface area contributed by atoms with E-state index in [2.05, 4.69) is 6.92 Å². The van der Waals surface area contributed by atoms with Crippen LogP contribution in [0.3, 0.4) is 0 Å². The maximum Gasteiger partial charge on any atom is 0.242 e. The summed E-state index contributed by atoms with van der Waals surface area (Å²) >= 11 is 0. The van der Waals surface area contributed by atoms with Crippen LogP contribution >= 0.6 is 0 Å². The Morgan fingerprint density at radius 3 is 2.84 bits per heavy atom. The van der Waals surface area contributed by atoms with Crippen LogP contribution in [0.2, 0.25) is 0 Å². The van der Waals surface area contributed by atoms with E-state index in [4.69, 9.17) is 5.73 Å². The van der Waals surface area contributed by atoms with Gasteiger partial charge < -0.3 is 15.5 Å². The highest BCUT2D eigenvalue weighted by Gasteiger charge is 2.32. The molecule has 0 spiro atoms. The number of hydrogen-bond donors (Lipinski definition) is 1. The molecule has 0 aromatic carbocycles. The second-order valence-electron chi connectivity index (χ2n) is 5.86. The van der Waals surface area contributed by atoms with Crippen LogP contribution in [0.4, 0.5) is 0 Å². The van der Waals surface area contributed by atoms with E-state index in [1.54, 1.807) is 4.90 Å². The van der Waals surface area contributed by atoms with E-state index in [1.165, 1.54) is 0 Å². The predicted molar refractivity (Wildman–Crippen MR) is 73.4 cm³/mol. The standard InChI is InChI=1S/C14H25N3O2/c1-11-7-12(8-15)9-17(11)14(19)10-16-6-4-2-3-5-13(16)18/h11-12H,2-10,15H2,1H3. The van der Waals surface area contributed by atoms with Crippen molar-refractivity contribution in [2.24, 2.45) is 11.7 Å². The van der Waals surface area contributed by atoms with Gasteiger partial charge in [0.25, 0.3) is 0 Å². The third-order valence-electron chi connectivity index (χ3n) is 4.31. The first-order valence-corrected chi connectivity index (χ1v) is 7.39. The summed E-state index contributed by atoms with van der Waals surface area (Å²) in [5, 5.41) is 0. The second kappa shape index (κ2) is 6.37. The van der Waals surface area contributed by atoms with Crippen molar-refractivity contribution in [1.82, 2.24) is 9.80 Å². The van der Waals surface area contributed by atoms with E-state index in [-0.39, 0.29) is 24.4 Å². The Hall–Kier alpha value is -1.10. The number of likely N-dealkylation sites (tertiary alicyclic amines) is 2. The van der Waals surface area contributed by atoms with Crippen molar-refractivity contribution in [1.29, 1.82) is 0 Å². The van der Waals surface area contributed by atoms with Crippen LogP contribution in [-0.2, 0) is 9.59 Å². The lowest BCUT2D eigenvalue weighted by Crippen LogP contribution is -2.44. The summed E-state index contributed by atoms with van der Waals surface area (Å²) in [6.45, 7) is 4.43. The monoisotopic (exact) mass is 267 g/mol. The summed E-state index contributed by atoms with van der Waals surface area (Å²) in [5.41, 5.74) is 5.68. The van der Waals surface area contributed by atoms with Crippen LogP contribution < -0.4 is 5.73 Å². The molecular weight excluding hydrogens is 242 g/mol. The molecule has 0 saturated carbocycles. The lowest BCUT2D eigenvalue weighted by molar-refractivity contribution is -0.140. The van der Waals surface area contributed by atoms with Crippen molar-refractivity contribution in [2.45, 2.75) is 45.1 Å². The fourth-order valence-corrected chi connectivity index (χ4v) is 3.12. The summed E-state index contributed by atoms with van der Waals surface area (Å²) in [6.07, 6.45) is 4.63. The molecule has 5 nitrogen and oxygen atoms in total. The smallest absolute Gasteiger partial charge is 0.242 e. The molecule has 5 heteroatoms. The van der Waals surface area contributed by atoms with Crippen molar-refractivity contribution < 1.29 is 9.59 Å². The first-order chi connectivity index (χ1) is 9.11. The van der Waals surface area contributed by atoms with Crippen LogP contribution in [0.5, 0.6) is 0 Å². The van der Waals surface area contributed by atoms with Gasteiger partial charge >= 0.3 is 0 Å². The maximum absolute atomic E-state index is 12.3. The average molecular weight is 267 g/mol. The number of hydrogen-bond acceptors (Lipinski definition) is 3. The van der Waals surface area contributed by atoms with Gasteiger partial charge in [0, 0.05) is 25.6 Å². The minimum atomic E-state index is 0.0821. The van der Waals surface area contributed by atoms with Gasteiger partial charge in [0.05, 0.1) is 6.54 Å². The molecule has 2 amide bonds. The van der Waals surface area contributed by atoms with Crippen LogP contribution in [-0.4, -0.2) is 53.8 Å². The van der Waals surface area contributed by atoms with Crippen molar-refractivity contribution in [2.75, 3.05) is 26.2 Å². The zero-order chi connectivity index (χ0) is 13.8. The zero-order valence-electron chi connectivity index (χ0n) is 11.8. The van der Waals surface area contributed by atoms with E-state index in [1.807, 2.05) is 4.90 Å². The molecule has 2 atom stereocenters. The highest BCUT2D eigenvalue weighted by atomic mass is 16.2. The lowest BCUT2D eigenvalue weighted by atomic mass is 10.1. The first-order valence-electron chi connectivity index (χ1n) is 7.39. The molecule has 2 aliphatic heterocycles. The lowest BCUT2D eigenvalue weighted by Gasteiger charge is -2.26. The molecule has 2 rings (SSSR count). The van der Waals surface area contributed by atoms with Gasteiger partial charge in [-0.25, -0.2) is 0 Å². The van der Waals surface area contributed by atoms with Crippen LogP contribution in [0, 0.1) is 5.92 Å². The maximum atomic E-state index is 12.3. The fourth-order valence-electron chi connectivity index (χ4n) is 3.12. The molecule has 2 fully saturated rings. The van der Waals surface area contributed by atoms with Crippen molar-refractivity contribution in [3.63, 3.8) is 0 Å². The number of rotatable bonds is 3. The molecule has 0 aromatic rings. The van der Waals surface area contributed by atoms with Gasteiger partial charge in [-0.1, -0.05) is 6.42 Å². The molecule has 19 heavy (non-hydrogen) atoms. The quantitative estimate of drug-likeness (QED) is 0.813. The highest BCUT2D eigenvalue weighted by Crippen LogP contribution is 2.22. The molecule has 0 bridgehead atoms. The molecule has 2 N–H and O–H groups in total. The number of nitrogens with zero attached hydrogens (tertiary/aromatic N) is 2. The van der Waals surface area contributed by atoms with Crippen LogP contribution in [0.25, 0.3) is 0 Å². The number of carbonyl (C=O) groups is 2. The van der Waals surface area contributed by atoms with E-state index >= 15 is 0 Å². The second-order valence-corrected chi connectivity index (χ2v) is 5.86. The summed E-state index contributed by atoms with van der Waals surface area (Å²) in [4.78, 5) is 27.9. The molecular formula is C14H25N3O2. The molecule has 0 aromatic heterocycles. The third-order valence-corrected chi connectivity index (χ3v) is 4.31. The van der Waals surface area contributed by atoms with E-state index in [9.17, 15) is 9.59 Å². The van der Waals surface area contributed by atoms with Gasteiger partial charge in [0.15, 0.2) is 0 Å². The van der Waals surface area contributed by atoms with Crippen molar-refractivity contribution in [3.05, 3.63) is 0 Å². The normalized spacial score (nSPS) is 28.6. The van der Waals surface area contributed by atoms with Crippen LogP contribution in [0.1, 0.15) is 39.0 Å². The summed E-state index contributed by atoms with van der Waals surface area (Å²) in [7, 11) is 0. The van der Waals surface area contributed by atoms with Crippen molar-refractivity contribution >= 4 is 11.8 Å². The summed E-state index contributed by atoms with van der Waals surface area (Å²) < 4.78 is 0. The minimum Gasteiger partial charge on any atom is -0.338 e. The SMILES string of the molecule is CC1CC(CN)CN1C(=O)CN1CCCCCC1=O. The third kappa shape index (κ3) is 3.47. The van der Waals surface area contributed by atoms with Crippen LogP contribution in [0.15, 0.2) is 0 Å². The molecule has 0 radical (unpaired) electrons. The zero-order valence-corrected chi connectivity index (χ0v) is 11.8. The molecule has 2 aliphatic rings. The molecule has 108 valence electrons. The Kier molecular flexibility index (Phi) is 4.80. The molecule has 0 aliphatic carbocycles. The topological polar surface area (TPSA) is 66.6 Å². The fraction of sp³-hybridized carbons (Fsp3) is 0.857. The van der Waals surface area contributed by atoms with Gasteiger partial charge in [-0.05, 0) is 38.6 Å². The number of nitrogens with two attached hydrogens (primary N) is 1. The Bertz CT molecular complexity index is 346. The van der Waals surface area contributed by atoms with E-state index in [0.29, 0.717) is 18.9 Å². The largest absolute Gasteiger partial charge is 0.338 e. The minimum absolute atomic E-state index is 0.0821. The highest BCUT2D eigenvalue weighted by molar-refractivity contribution is 5.85. The average Bonchev–Trinajstić information content (AvgIpc) is 2.66. The Morgan fingerprint density at radius 1 is 1.37 bits per heavy atom. The van der Waals surface area contributed by atoms with Gasteiger partial charge in [-0.15, -0.1) is 0 Å². The summed E-state index contributed by atoms with van der Waals surface area (Å²) in [5.74, 6) is 0.630. The number of amides is 2. The summed E-state index contributed by atoms with van der Waals surface area (Å²) in [6, 6.07) is 0.253. The first kappa shape index (κ1) is 14.3. The van der Waals surface area contributed by atoms with Gasteiger partial charge in [-0.2, -0.15) is 0 Å². The predicted octanol–water partition coefficient (Wildman–Crippen LogP) is 0.585. The molecule has 2 heterocycles. The number of carbonyl (C=O) groups excluding carboxylic acids is 2. The van der Waals surface area contributed by atoms with Crippen molar-refractivity contribution in [3.8, 4) is 0 Å². The Morgan fingerprint density at radius 2 is 2.16 bits per heavy atom. The molecule has 2 unspecified atom stereocenters. The van der Waals surface area contributed by atoms with Gasteiger partial charge in [0.1, 0.15) is 0 Å². The Balaban J connectivity index is 1.91.